The van der Waals surface area contributed by atoms with Gasteiger partial charge in [0.15, 0.2) is 5.65 Å². The van der Waals surface area contributed by atoms with Gasteiger partial charge in [0.05, 0.1) is 17.1 Å². The number of aromatic nitrogens is 4. The van der Waals surface area contributed by atoms with Crippen molar-refractivity contribution in [1.29, 1.82) is 0 Å². The van der Waals surface area contributed by atoms with E-state index < -0.39 is 12.0 Å². The van der Waals surface area contributed by atoms with E-state index in [-0.39, 0.29) is 11.5 Å². The number of carboxylic acids is 1. The second-order valence-electron chi connectivity index (χ2n) is 6.85. The summed E-state index contributed by atoms with van der Waals surface area (Å²) in [5.41, 5.74) is 0.482. The van der Waals surface area contributed by atoms with E-state index in [9.17, 15) is 9.90 Å². The zero-order valence-electron chi connectivity index (χ0n) is 13.7. The van der Waals surface area contributed by atoms with Gasteiger partial charge in [-0.2, -0.15) is 5.10 Å². The van der Waals surface area contributed by atoms with Crippen LogP contribution in [-0.2, 0) is 10.3 Å². The van der Waals surface area contributed by atoms with E-state index >= 15 is 0 Å². The lowest BCUT2D eigenvalue weighted by Crippen LogP contribution is -2.31. The smallest absolute Gasteiger partial charge is 0.326 e. The first-order valence-corrected chi connectivity index (χ1v) is 7.38. The fraction of sp³-hybridized carbons (Fsp3) is 0.600. The molecule has 0 radical (unpaired) electrons. The van der Waals surface area contributed by atoms with E-state index in [1.165, 1.54) is 6.33 Å². The minimum absolute atomic E-state index is 0.211. The zero-order valence-corrected chi connectivity index (χ0v) is 13.7. The molecule has 0 spiro atoms. The molecule has 120 valence electrons. The molecule has 0 bridgehead atoms. The van der Waals surface area contributed by atoms with Gasteiger partial charge in [-0.25, -0.2) is 19.4 Å². The van der Waals surface area contributed by atoms with E-state index in [4.69, 9.17) is 0 Å². The van der Waals surface area contributed by atoms with E-state index in [1.54, 1.807) is 6.20 Å². The molecule has 0 aliphatic heterocycles. The molecule has 0 amide bonds. The summed E-state index contributed by atoms with van der Waals surface area (Å²) in [5, 5.41) is 17.5. The van der Waals surface area contributed by atoms with Gasteiger partial charge in [-0.3, -0.25) is 0 Å². The number of hydrogen-bond donors (Lipinski definition) is 2. The number of carbonyl (C=O) groups is 1. The Bertz CT molecular complexity index is 672. The van der Waals surface area contributed by atoms with Crippen LogP contribution in [0.2, 0.25) is 0 Å². The first-order chi connectivity index (χ1) is 10.2. The van der Waals surface area contributed by atoms with Crippen molar-refractivity contribution < 1.29 is 9.90 Å². The fourth-order valence-electron chi connectivity index (χ4n) is 2.31. The molecule has 2 rings (SSSR count). The molecular weight excluding hydrogens is 282 g/mol. The minimum atomic E-state index is -0.885. The largest absolute Gasteiger partial charge is 0.480 e. The lowest BCUT2D eigenvalue weighted by molar-refractivity contribution is -0.138. The van der Waals surface area contributed by atoms with Crippen molar-refractivity contribution >= 4 is 22.8 Å². The third-order valence-corrected chi connectivity index (χ3v) is 3.32. The van der Waals surface area contributed by atoms with Crippen molar-refractivity contribution in [1.82, 2.24) is 19.7 Å². The van der Waals surface area contributed by atoms with E-state index in [2.05, 4.69) is 20.4 Å². The summed E-state index contributed by atoms with van der Waals surface area (Å²) in [6.07, 6.45) is 3.63. The van der Waals surface area contributed by atoms with Crippen LogP contribution in [0, 0.1) is 5.92 Å². The van der Waals surface area contributed by atoms with Crippen LogP contribution in [0.4, 0.5) is 5.82 Å². The predicted octanol–water partition coefficient (Wildman–Crippen LogP) is 2.49. The summed E-state index contributed by atoms with van der Waals surface area (Å²) >= 11 is 0. The fourth-order valence-corrected chi connectivity index (χ4v) is 2.31. The van der Waals surface area contributed by atoms with Crippen molar-refractivity contribution in [2.24, 2.45) is 5.92 Å². The van der Waals surface area contributed by atoms with Crippen LogP contribution in [0.15, 0.2) is 12.5 Å². The number of anilines is 1. The lowest BCUT2D eigenvalue weighted by atomic mass is 10.0. The molecule has 2 heterocycles. The highest BCUT2D eigenvalue weighted by Crippen LogP contribution is 2.25. The SMILES string of the molecule is CC(C)C[C@@H](Nc1ncnc2c1cnn2C(C)(C)C)C(=O)O. The molecule has 0 saturated carbocycles. The summed E-state index contributed by atoms with van der Waals surface area (Å²) in [4.78, 5) is 19.9. The summed E-state index contributed by atoms with van der Waals surface area (Å²) in [5.74, 6) is -0.111. The third kappa shape index (κ3) is 3.35. The highest BCUT2D eigenvalue weighted by Gasteiger charge is 2.23. The van der Waals surface area contributed by atoms with Crippen molar-refractivity contribution in [2.75, 3.05) is 5.32 Å². The van der Waals surface area contributed by atoms with Gasteiger partial charge < -0.3 is 10.4 Å². The maximum Gasteiger partial charge on any atom is 0.326 e. The molecule has 0 fully saturated rings. The monoisotopic (exact) mass is 305 g/mol. The van der Waals surface area contributed by atoms with Gasteiger partial charge in [0.25, 0.3) is 0 Å². The van der Waals surface area contributed by atoms with Crippen LogP contribution >= 0.6 is 0 Å². The molecule has 0 aliphatic carbocycles. The van der Waals surface area contributed by atoms with Crippen molar-refractivity contribution in [3.63, 3.8) is 0 Å². The third-order valence-electron chi connectivity index (χ3n) is 3.32. The molecule has 7 nitrogen and oxygen atoms in total. The number of nitrogens with zero attached hydrogens (tertiary/aromatic N) is 4. The van der Waals surface area contributed by atoms with Crippen LogP contribution in [-0.4, -0.2) is 36.9 Å². The Balaban J connectivity index is 2.40. The molecule has 2 aromatic rings. The van der Waals surface area contributed by atoms with Crippen LogP contribution in [0.25, 0.3) is 11.0 Å². The molecule has 7 heteroatoms. The molecule has 0 aliphatic rings. The number of fused-ring (bicyclic) bond motifs is 1. The molecule has 0 saturated heterocycles. The second kappa shape index (κ2) is 5.90. The molecule has 0 unspecified atom stereocenters. The maximum absolute atomic E-state index is 11.4. The Morgan fingerprint density at radius 1 is 1.36 bits per heavy atom. The quantitative estimate of drug-likeness (QED) is 0.881. The Morgan fingerprint density at radius 2 is 2.05 bits per heavy atom. The molecule has 1 atom stereocenters. The average molecular weight is 305 g/mol. The first kappa shape index (κ1) is 16.2. The number of nitrogens with one attached hydrogen (secondary N) is 1. The Labute approximate surface area is 129 Å². The van der Waals surface area contributed by atoms with Gasteiger partial charge >= 0.3 is 5.97 Å². The summed E-state index contributed by atoms with van der Waals surface area (Å²) in [7, 11) is 0. The summed E-state index contributed by atoms with van der Waals surface area (Å²) in [6.45, 7) is 10.1. The first-order valence-electron chi connectivity index (χ1n) is 7.38. The standard InChI is InChI=1S/C15H23N5O2/c1-9(2)6-11(14(21)22)19-12-10-7-18-20(15(3,4)5)13(10)17-8-16-12/h7-9,11H,6H2,1-5H3,(H,21,22)(H,16,17,19)/t11-/m1/s1. The Hall–Kier alpha value is -2.18. The second-order valence-corrected chi connectivity index (χ2v) is 6.85. The average Bonchev–Trinajstić information content (AvgIpc) is 2.81. The molecule has 22 heavy (non-hydrogen) atoms. The van der Waals surface area contributed by atoms with Crippen LogP contribution in [0.3, 0.4) is 0 Å². The van der Waals surface area contributed by atoms with Gasteiger partial charge in [-0.1, -0.05) is 13.8 Å². The van der Waals surface area contributed by atoms with Gasteiger partial charge in [-0.15, -0.1) is 0 Å². The number of rotatable bonds is 5. The minimum Gasteiger partial charge on any atom is -0.480 e. The lowest BCUT2D eigenvalue weighted by Gasteiger charge is -2.20. The predicted molar refractivity (Wildman–Crippen MR) is 84.8 cm³/mol. The van der Waals surface area contributed by atoms with Gasteiger partial charge in [-0.05, 0) is 33.1 Å². The van der Waals surface area contributed by atoms with E-state index in [1.807, 2.05) is 39.3 Å². The van der Waals surface area contributed by atoms with Crippen LogP contribution in [0.1, 0.15) is 41.0 Å². The van der Waals surface area contributed by atoms with Gasteiger partial charge in [0.2, 0.25) is 0 Å². The molecule has 2 aromatic heterocycles. The number of carboxylic acid groups (broad SMARTS) is 1. The van der Waals surface area contributed by atoms with Gasteiger partial charge in [0.1, 0.15) is 18.2 Å². The van der Waals surface area contributed by atoms with Crippen molar-refractivity contribution in [2.45, 2.75) is 52.6 Å². The number of aliphatic carboxylic acids is 1. The van der Waals surface area contributed by atoms with E-state index in [0.29, 0.717) is 17.9 Å². The van der Waals surface area contributed by atoms with Crippen LogP contribution < -0.4 is 5.32 Å². The topological polar surface area (TPSA) is 92.9 Å². The maximum atomic E-state index is 11.4. The normalized spacial score (nSPS) is 13.5. The van der Waals surface area contributed by atoms with Crippen LogP contribution in [0.5, 0.6) is 0 Å². The summed E-state index contributed by atoms with van der Waals surface area (Å²) < 4.78 is 1.81. The molecule has 2 N–H and O–H groups in total. The van der Waals surface area contributed by atoms with E-state index in [0.717, 1.165) is 5.39 Å². The molecule has 0 aromatic carbocycles. The Morgan fingerprint density at radius 3 is 2.59 bits per heavy atom. The summed E-state index contributed by atoms with van der Waals surface area (Å²) in [6, 6.07) is -0.684. The highest BCUT2D eigenvalue weighted by molar-refractivity contribution is 5.88. The Kier molecular flexibility index (Phi) is 4.35. The zero-order chi connectivity index (χ0) is 16.5. The number of hydrogen-bond acceptors (Lipinski definition) is 5. The highest BCUT2D eigenvalue weighted by atomic mass is 16.4. The molecular formula is C15H23N5O2. The van der Waals surface area contributed by atoms with Crippen molar-refractivity contribution in [3.8, 4) is 0 Å². The van der Waals surface area contributed by atoms with Crippen molar-refractivity contribution in [3.05, 3.63) is 12.5 Å². The van der Waals surface area contributed by atoms with Gasteiger partial charge in [0, 0.05) is 0 Å².